The molecule has 0 spiro atoms. The van der Waals surface area contributed by atoms with Crippen molar-refractivity contribution in [3.63, 3.8) is 0 Å². The summed E-state index contributed by atoms with van der Waals surface area (Å²) < 4.78 is 0. The van der Waals surface area contributed by atoms with Crippen molar-refractivity contribution in [1.82, 2.24) is 0 Å². The molecule has 1 saturated carbocycles. The quantitative estimate of drug-likeness (QED) is 0.581. The monoisotopic (exact) mass is 200 g/mol. The van der Waals surface area contributed by atoms with Gasteiger partial charge in [-0.1, -0.05) is 12.8 Å². The summed E-state index contributed by atoms with van der Waals surface area (Å²) in [5.74, 6) is -1.13. The van der Waals surface area contributed by atoms with Gasteiger partial charge in [-0.2, -0.15) is 0 Å². The Morgan fingerprint density at radius 1 is 1.07 bits per heavy atom. The molecule has 1 aliphatic carbocycles. The number of rotatable bonds is 1. The molecule has 1 fully saturated rings. The number of hydrogen-bond donors (Lipinski definition) is 3. The first-order chi connectivity index (χ1) is 6.61. The molecule has 0 saturated heterocycles. The highest BCUT2D eigenvalue weighted by Gasteiger charge is 2.26. The maximum atomic E-state index is 10.9. The molecule has 0 amide bonds. The topological polar surface area (TPSA) is 89.3 Å². The van der Waals surface area contributed by atoms with E-state index < -0.39 is 5.97 Å². The Morgan fingerprint density at radius 3 is 2.36 bits per heavy atom. The molecule has 3 unspecified atom stereocenters. The molecule has 0 bridgehead atoms. The Labute approximate surface area is 84.7 Å². The van der Waals surface area contributed by atoms with Gasteiger partial charge in [-0.3, -0.25) is 4.79 Å². The van der Waals surface area contributed by atoms with Crippen LogP contribution in [0.15, 0.2) is 0 Å². The summed E-state index contributed by atoms with van der Waals surface area (Å²) in [4.78, 5) is 10.9. The van der Waals surface area contributed by atoms with E-state index in [-0.39, 0.29) is 18.0 Å². The molecule has 1 rings (SSSR count). The maximum Gasteiger partial charge on any atom is 0.308 e. The third-order valence-corrected chi connectivity index (χ3v) is 3.04. The van der Waals surface area contributed by atoms with E-state index >= 15 is 0 Å². The molecule has 4 heteroatoms. The third kappa shape index (κ3) is 3.27. The van der Waals surface area contributed by atoms with Gasteiger partial charge in [0.2, 0.25) is 0 Å². The first-order valence-corrected chi connectivity index (χ1v) is 5.35. The summed E-state index contributed by atoms with van der Waals surface area (Å²) in [5, 5.41) is 8.97. The van der Waals surface area contributed by atoms with E-state index in [1.807, 2.05) is 0 Å². The Morgan fingerprint density at radius 2 is 1.71 bits per heavy atom. The van der Waals surface area contributed by atoms with Gasteiger partial charge in [0.25, 0.3) is 0 Å². The van der Waals surface area contributed by atoms with Crippen LogP contribution in [-0.2, 0) is 4.79 Å². The smallest absolute Gasteiger partial charge is 0.308 e. The molecule has 0 aromatic heterocycles. The summed E-state index contributed by atoms with van der Waals surface area (Å²) in [6, 6.07) is -0.0229. The van der Waals surface area contributed by atoms with Gasteiger partial charge < -0.3 is 16.6 Å². The Hall–Kier alpha value is -0.610. The van der Waals surface area contributed by atoms with Crippen LogP contribution in [-0.4, -0.2) is 23.2 Å². The Bertz CT molecular complexity index is 197. The van der Waals surface area contributed by atoms with Crippen molar-refractivity contribution < 1.29 is 9.90 Å². The predicted molar refractivity (Wildman–Crippen MR) is 54.8 cm³/mol. The number of carbonyl (C=O) groups is 1. The van der Waals surface area contributed by atoms with E-state index in [1.165, 1.54) is 0 Å². The molecule has 1 aliphatic rings. The van der Waals surface area contributed by atoms with Gasteiger partial charge in [-0.15, -0.1) is 0 Å². The van der Waals surface area contributed by atoms with Gasteiger partial charge in [0.1, 0.15) is 0 Å². The van der Waals surface area contributed by atoms with Crippen molar-refractivity contribution in [2.45, 2.75) is 50.6 Å². The van der Waals surface area contributed by atoms with Crippen LogP contribution in [0.5, 0.6) is 0 Å². The van der Waals surface area contributed by atoms with Crippen molar-refractivity contribution in [3.05, 3.63) is 0 Å². The van der Waals surface area contributed by atoms with Crippen molar-refractivity contribution in [2.75, 3.05) is 0 Å². The molecule has 0 aliphatic heterocycles. The molecule has 0 heterocycles. The highest BCUT2D eigenvalue weighted by Crippen LogP contribution is 2.20. The second kappa shape index (κ2) is 5.32. The average Bonchev–Trinajstić information content (AvgIpc) is 2.19. The van der Waals surface area contributed by atoms with Crippen LogP contribution in [0.3, 0.4) is 0 Å². The second-order valence-corrected chi connectivity index (χ2v) is 4.23. The number of aliphatic carboxylic acids is 1. The molecular formula is C10H20N2O2. The van der Waals surface area contributed by atoms with E-state index in [1.54, 1.807) is 0 Å². The minimum absolute atomic E-state index is 0.202. The molecule has 0 radical (unpaired) electrons. The van der Waals surface area contributed by atoms with Crippen LogP contribution in [0.2, 0.25) is 0 Å². The van der Waals surface area contributed by atoms with Gasteiger partial charge >= 0.3 is 5.97 Å². The number of carboxylic acids is 1. The maximum absolute atomic E-state index is 10.9. The second-order valence-electron chi connectivity index (χ2n) is 4.23. The molecule has 5 N–H and O–H groups in total. The van der Waals surface area contributed by atoms with E-state index in [0.29, 0.717) is 6.42 Å². The van der Waals surface area contributed by atoms with Gasteiger partial charge in [-0.05, 0) is 25.7 Å². The lowest BCUT2D eigenvalue weighted by molar-refractivity contribution is -0.142. The largest absolute Gasteiger partial charge is 0.481 e. The van der Waals surface area contributed by atoms with Gasteiger partial charge in [0, 0.05) is 12.1 Å². The number of hydrogen-bond acceptors (Lipinski definition) is 3. The lowest BCUT2D eigenvalue weighted by Crippen LogP contribution is -2.36. The standard InChI is InChI=1S/C10H20N2O2/c11-7-3-1-2-4-8(10(13)14)9(12)6-5-7/h7-9H,1-6,11-12H2,(H,13,14). The highest BCUT2D eigenvalue weighted by molar-refractivity contribution is 5.70. The minimum atomic E-state index is -0.757. The Kier molecular flexibility index (Phi) is 4.35. The number of nitrogens with two attached hydrogens (primary N) is 2. The first-order valence-electron chi connectivity index (χ1n) is 5.35. The zero-order valence-electron chi connectivity index (χ0n) is 8.48. The zero-order valence-corrected chi connectivity index (χ0v) is 8.48. The van der Waals surface area contributed by atoms with E-state index in [4.69, 9.17) is 16.6 Å². The zero-order chi connectivity index (χ0) is 10.6. The van der Waals surface area contributed by atoms with Crippen LogP contribution in [0.4, 0.5) is 0 Å². The summed E-state index contributed by atoms with van der Waals surface area (Å²) in [5.41, 5.74) is 11.7. The van der Waals surface area contributed by atoms with Crippen molar-refractivity contribution in [1.29, 1.82) is 0 Å². The highest BCUT2D eigenvalue weighted by atomic mass is 16.4. The van der Waals surface area contributed by atoms with Crippen molar-refractivity contribution in [3.8, 4) is 0 Å². The van der Waals surface area contributed by atoms with E-state index in [2.05, 4.69) is 0 Å². The number of carboxylic acid groups (broad SMARTS) is 1. The third-order valence-electron chi connectivity index (χ3n) is 3.04. The van der Waals surface area contributed by atoms with Crippen molar-refractivity contribution in [2.24, 2.45) is 17.4 Å². The SMILES string of the molecule is NC1CCCCC(C(=O)O)C(N)CC1. The normalized spacial score (nSPS) is 35.4. The molecule has 0 aromatic rings. The molecule has 0 aromatic carbocycles. The molecule has 4 nitrogen and oxygen atoms in total. The molecule has 14 heavy (non-hydrogen) atoms. The van der Waals surface area contributed by atoms with E-state index in [9.17, 15) is 4.79 Å². The van der Waals surface area contributed by atoms with Crippen LogP contribution in [0.1, 0.15) is 38.5 Å². The fraction of sp³-hybridized carbons (Fsp3) is 0.900. The van der Waals surface area contributed by atoms with Crippen molar-refractivity contribution >= 4 is 5.97 Å². The average molecular weight is 200 g/mol. The lowest BCUT2D eigenvalue weighted by Gasteiger charge is -2.19. The summed E-state index contributed by atoms with van der Waals surface area (Å²) in [7, 11) is 0. The van der Waals surface area contributed by atoms with Crippen LogP contribution in [0.25, 0.3) is 0 Å². The minimum Gasteiger partial charge on any atom is -0.481 e. The fourth-order valence-electron chi connectivity index (χ4n) is 2.04. The molecule has 82 valence electrons. The fourth-order valence-corrected chi connectivity index (χ4v) is 2.04. The van der Waals surface area contributed by atoms with E-state index in [0.717, 1.165) is 32.1 Å². The van der Waals surface area contributed by atoms with Crippen LogP contribution >= 0.6 is 0 Å². The molecule has 3 atom stereocenters. The Balaban J connectivity index is 2.54. The summed E-state index contributed by atoms with van der Waals surface area (Å²) in [6.07, 6.45) is 5.24. The lowest BCUT2D eigenvalue weighted by atomic mass is 9.92. The van der Waals surface area contributed by atoms with Crippen LogP contribution < -0.4 is 11.5 Å². The summed E-state index contributed by atoms with van der Waals surface area (Å²) in [6.45, 7) is 0. The molecular weight excluding hydrogens is 180 g/mol. The van der Waals surface area contributed by atoms with Gasteiger partial charge in [0.05, 0.1) is 5.92 Å². The predicted octanol–water partition coefficient (Wildman–Crippen LogP) is 0.696. The van der Waals surface area contributed by atoms with Gasteiger partial charge in [-0.25, -0.2) is 0 Å². The van der Waals surface area contributed by atoms with Gasteiger partial charge in [0.15, 0.2) is 0 Å². The van der Waals surface area contributed by atoms with Crippen LogP contribution in [0, 0.1) is 5.92 Å². The first kappa shape index (κ1) is 11.5. The summed E-state index contributed by atoms with van der Waals surface area (Å²) >= 11 is 0.